The highest BCUT2D eigenvalue weighted by atomic mass is 19.3. The second kappa shape index (κ2) is 6.20. The first-order valence-corrected chi connectivity index (χ1v) is 5.22. The highest BCUT2D eigenvalue weighted by Crippen LogP contribution is 2.17. The van der Waals surface area contributed by atoms with Gasteiger partial charge >= 0.3 is 6.43 Å². The van der Waals surface area contributed by atoms with Crippen molar-refractivity contribution < 1.29 is 13.6 Å². The van der Waals surface area contributed by atoms with Crippen molar-refractivity contribution in [3.63, 3.8) is 0 Å². The normalized spacial score (nSPS) is 12.5. The lowest BCUT2D eigenvalue weighted by atomic mass is 9.98. The van der Waals surface area contributed by atoms with Gasteiger partial charge in [-0.3, -0.25) is 4.79 Å². The van der Waals surface area contributed by atoms with Gasteiger partial charge in [-0.15, -0.1) is 0 Å². The highest BCUT2D eigenvalue weighted by Gasteiger charge is 2.14. The molecule has 0 saturated carbocycles. The molecule has 0 aliphatic carbocycles. The number of nitrogens with one attached hydrogen (secondary N) is 1. The number of amides is 1. The summed E-state index contributed by atoms with van der Waals surface area (Å²) in [5.41, 5.74) is 1.15. The third kappa shape index (κ3) is 3.96. The third-order valence-electron chi connectivity index (χ3n) is 2.44. The predicted octanol–water partition coefficient (Wildman–Crippen LogP) is 2.56. The van der Waals surface area contributed by atoms with Crippen LogP contribution in [0.15, 0.2) is 30.3 Å². The van der Waals surface area contributed by atoms with E-state index in [1.165, 1.54) is 0 Å². The summed E-state index contributed by atoms with van der Waals surface area (Å²) in [6.07, 6.45) is -2.27. The minimum absolute atomic E-state index is 0.249. The van der Waals surface area contributed by atoms with Crippen molar-refractivity contribution in [3.05, 3.63) is 35.9 Å². The number of hydrogen-bond donors (Lipinski definition) is 1. The number of benzene rings is 1. The molecule has 1 rings (SSSR count). The van der Waals surface area contributed by atoms with Crippen molar-refractivity contribution >= 4 is 5.91 Å². The van der Waals surface area contributed by atoms with Gasteiger partial charge in [0, 0.05) is 6.54 Å². The Balaban J connectivity index is 2.31. The molecule has 1 amide bonds. The second-order valence-corrected chi connectivity index (χ2v) is 3.69. The van der Waals surface area contributed by atoms with Gasteiger partial charge in [-0.1, -0.05) is 37.3 Å². The molecule has 1 N–H and O–H groups in total. The fourth-order valence-corrected chi connectivity index (χ4v) is 1.44. The number of hydrogen-bond acceptors (Lipinski definition) is 1. The van der Waals surface area contributed by atoms with E-state index in [2.05, 4.69) is 5.32 Å². The van der Waals surface area contributed by atoms with E-state index in [0.29, 0.717) is 6.42 Å². The average Bonchev–Trinajstić information content (AvgIpc) is 2.29. The summed E-state index contributed by atoms with van der Waals surface area (Å²) in [5.74, 6) is -0.945. The van der Waals surface area contributed by atoms with Crippen molar-refractivity contribution in [2.75, 3.05) is 6.54 Å². The van der Waals surface area contributed by atoms with E-state index in [1.54, 1.807) is 0 Å². The summed E-state index contributed by atoms with van der Waals surface area (Å²) < 4.78 is 23.7. The van der Waals surface area contributed by atoms with E-state index >= 15 is 0 Å². The van der Waals surface area contributed by atoms with Gasteiger partial charge in [0.15, 0.2) is 0 Å². The Bertz CT molecular complexity index is 327. The molecule has 1 aromatic carbocycles. The van der Waals surface area contributed by atoms with E-state index < -0.39 is 12.3 Å². The highest BCUT2D eigenvalue weighted by molar-refractivity contribution is 5.78. The molecule has 2 nitrogen and oxygen atoms in total. The zero-order valence-corrected chi connectivity index (χ0v) is 9.12. The van der Waals surface area contributed by atoms with Crippen molar-refractivity contribution in [2.24, 2.45) is 0 Å². The van der Waals surface area contributed by atoms with Gasteiger partial charge in [0.1, 0.15) is 0 Å². The zero-order valence-electron chi connectivity index (χ0n) is 9.12. The molecule has 0 aliphatic heterocycles. The molecule has 0 spiro atoms. The van der Waals surface area contributed by atoms with Gasteiger partial charge < -0.3 is 5.32 Å². The van der Waals surface area contributed by atoms with E-state index in [9.17, 15) is 13.6 Å². The van der Waals surface area contributed by atoms with Crippen LogP contribution in [0.2, 0.25) is 0 Å². The van der Waals surface area contributed by atoms with Crippen LogP contribution in [0.1, 0.15) is 24.8 Å². The van der Waals surface area contributed by atoms with Crippen LogP contribution in [0.25, 0.3) is 0 Å². The summed E-state index contributed by atoms with van der Waals surface area (Å²) >= 11 is 0. The molecule has 0 heterocycles. The first-order chi connectivity index (χ1) is 7.61. The van der Waals surface area contributed by atoms with Crippen LogP contribution in [-0.2, 0) is 4.79 Å². The Hall–Kier alpha value is -1.45. The molecule has 0 aromatic heterocycles. The van der Waals surface area contributed by atoms with Gasteiger partial charge in [-0.05, 0) is 17.9 Å². The summed E-state index contributed by atoms with van der Waals surface area (Å²) in [7, 11) is 0. The van der Waals surface area contributed by atoms with Gasteiger partial charge in [0.25, 0.3) is 5.91 Å². The summed E-state index contributed by atoms with van der Waals surface area (Å²) in [6, 6.07) is 9.77. The quantitative estimate of drug-likeness (QED) is 0.823. The molecule has 88 valence electrons. The molecular formula is C12H15F2NO. The van der Waals surface area contributed by atoms with Crippen LogP contribution < -0.4 is 5.32 Å². The number of rotatable bonds is 5. The topological polar surface area (TPSA) is 29.1 Å². The molecule has 0 bridgehead atoms. The molecule has 0 fully saturated rings. The van der Waals surface area contributed by atoms with Crippen LogP contribution >= 0.6 is 0 Å². The molecule has 16 heavy (non-hydrogen) atoms. The number of carbonyl (C=O) groups is 1. The Labute approximate surface area is 93.7 Å². The molecule has 0 saturated heterocycles. The smallest absolute Gasteiger partial charge is 0.315 e. The van der Waals surface area contributed by atoms with Crippen LogP contribution in [0, 0.1) is 0 Å². The van der Waals surface area contributed by atoms with E-state index in [0.717, 1.165) is 5.56 Å². The number of alkyl halides is 2. The fourth-order valence-electron chi connectivity index (χ4n) is 1.44. The Morgan fingerprint density at radius 3 is 2.50 bits per heavy atom. The van der Waals surface area contributed by atoms with Crippen LogP contribution in [0.3, 0.4) is 0 Å². The van der Waals surface area contributed by atoms with Gasteiger partial charge in [0.2, 0.25) is 0 Å². The maximum Gasteiger partial charge on any atom is 0.315 e. The second-order valence-electron chi connectivity index (χ2n) is 3.69. The van der Waals surface area contributed by atoms with Crippen molar-refractivity contribution in [2.45, 2.75) is 25.7 Å². The maximum atomic E-state index is 11.9. The van der Waals surface area contributed by atoms with Crippen molar-refractivity contribution in [1.82, 2.24) is 5.32 Å². The van der Waals surface area contributed by atoms with Crippen molar-refractivity contribution in [3.8, 4) is 0 Å². The average molecular weight is 227 g/mol. The molecule has 0 aliphatic rings. The standard InChI is InChI=1S/C12H15F2NO/c1-9(10-5-3-2-4-6-10)7-8-15-12(16)11(13)14/h2-6,9,11H,7-8H2,1H3,(H,15,16). The molecule has 1 unspecified atom stereocenters. The first kappa shape index (κ1) is 12.6. The van der Waals surface area contributed by atoms with Gasteiger partial charge in [0.05, 0.1) is 0 Å². The fraction of sp³-hybridized carbons (Fsp3) is 0.417. The largest absolute Gasteiger partial charge is 0.351 e. The van der Waals surface area contributed by atoms with Crippen molar-refractivity contribution in [1.29, 1.82) is 0 Å². The summed E-state index contributed by atoms with van der Waals surface area (Å²) in [5, 5.41) is 2.19. The number of halogens is 2. The van der Waals surface area contributed by atoms with Crippen LogP contribution in [-0.4, -0.2) is 18.9 Å². The summed E-state index contributed by atoms with van der Waals surface area (Å²) in [4.78, 5) is 10.6. The SMILES string of the molecule is CC(CCNC(=O)C(F)F)c1ccccc1. The molecule has 1 aromatic rings. The van der Waals surface area contributed by atoms with Gasteiger partial charge in [-0.25, -0.2) is 0 Å². The summed E-state index contributed by atoms with van der Waals surface area (Å²) in [6.45, 7) is 2.28. The lowest BCUT2D eigenvalue weighted by Crippen LogP contribution is -2.30. The molecule has 0 radical (unpaired) electrons. The lowest BCUT2D eigenvalue weighted by Gasteiger charge is -2.12. The molecule has 1 atom stereocenters. The van der Waals surface area contributed by atoms with E-state index in [4.69, 9.17) is 0 Å². The van der Waals surface area contributed by atoms with Crippen LogP contribution in [0.4, 0.5) is 8.78 Å². The minimum atomic E-state index is -2.92. The first-order valence-electron chi connectivity index (χ1n) is 5.22. The Kier molecular flexibility index (Phi) is 4.89. The lowest BCUT2D eigenvalue weighted by molar-refractivity contribution is -0.131. The molecule has 4 heteroatoms. The van der Waals surface area contributed by atoms with E-state index in [-0.39, 0.29) is 12.5 Å². The molecular weight excluding hydrogens is 212 g/mol. The zero-order chi connectivity index (χ0) is 12.0. The Morgan fingerprint density at radius 1 is 1.31 bits per heavy atom. The Morgan fingerprint density at radius 2 is 1.94 bits per heavy atom. The third-order valence-corrected chi connectivity index (χ3v) is 2.44. The van der Waals surface area contributed by atoms with E-state index in [1.807, 2.05) is 37.3 Å². The van der Waals surface area contributed by atoms with Crippen LogP contribution in [0.5, 0.6) is 0 Å². The maximum absolute atomic E-state index is 11.9. The number of carbonyl (C=O) groups excluding carboxylic acids is 1. The van der Waals surface area contributed by atoms with Gasteiger partial charge in [-0.2, -0.15) is 8.78 Å². The monoisotopic (exact) mass is 227 g/mol. The minimum Gasteiger partial charge on any atom is -0.351 e. The predicted molar refractivity (Wildman–Crippen MR) is 58.5 cm³/mol.